The summed E-state index contributed by atoms with van der Waals surface area (Å²) in [5.74, 6) is 0.728. The van der Waals surface area contributed by atoms with Crippen LogP contribution in [0.15, 0.2) is 60.7 Å². The van der Waals surface area contributed by atoms with Crippen LogP contribution < -0.4 is 5.32 Å². The second-order valence-electron chi connectivity index (χ2n) is 8.19. The van der Waals surface area contributed by atoms with Gasteiger partial charge in [0.05, 0.1) is 22.3 Å². The fourth-order valence-corrected chi connectivity index (χ4v) is 3.51. The van der Waals surface area contributed by atoms with E-state index in [1.54, 1.807) is 24.4 Å². The van der Waals surface area contributed by atoms with Crippen molar-refractivity contribution in [2.75, 3.05) is 5.32 Å². The minimum absolute atomic E-state index is 0. The molecule has 33 heavy (non-hydrogen) atoms. The highest BCUT2D eigenvalue weighted by atomic mass is 19.4. The number of imidazole rings is 1. The first-order chi connectivity index (χ1) is 15.6. The van der Waals surface area contributed by atoms with Crippen LogP contribution in [0, 0.1) is 0 Å². The number of aliphatic hydroxyl groups is 1. The van der Waals surface area contributed by atoms with Gasteiger partial charge in [-0.05, 0) is 62.4 Å². The second-order valence-corrected chi connectivity index (χ2v) is 8.19. The van der Waals surface area contributed by atoms with E-state index in [2.05, 4.69) is 25.4 Å². The van der Waals surface area contributed by atoms with Crippen LogP contribution in [0.5, 0.6) is 0 Å². The Kier molecular flexibility index (Phi) is 4.64. The summed E-state index contributed by atoms with van der Waals surface area (Å²) in [5.41, 5.74) is 2.31. The SMILES string of the molecule is CC(C)(O)c1nc2ccc(-c3cccc4nc(Nc5ccc(C(F)(F)F)cc5)nn34)cc2[nH]1.[HH]. The highest BCUT2D eigenvalue weighted by Gasteiger charge is 2.30. The van der Waals surface area contributed by atoms with Gasteiger partial charge in [-0.15, -0.1) is 5.10 Å². The van der Waals surface area contributed by atoms with E-state index in [1.165, 1.54) is 12.1 Å². The van der Waals surface area contributed by atoms with Crippen LogP contribution in [0.1, 0.15) is 26.7 Å². The predicted octanol–water partition coefficient (Wildman–Crippen LogP) is 5.51. The number of alkyl halides is 3. The van der Waals surface area contributed by atoms with E-state index < -0.39 is 17.3 Å². The molecule has 0 fully saturated rings. The minimum atomic E-state index is -4.39. The first-order valence-electron chi connectivity index (χ1n) is 10.1. The number of halogens is 3. The molecule has 0 aliphatic rings. The number of aromatic amines is 1. The molecule has 5 aromatic rings. The second kappa shape index (κ2) is 7.31. The van der Waals surface area contributed by atoms with Crippen LogP contribution in [0.4, 0.5) is 24.8 Å². The van der Waals surface area contributed by atoms with Crippen LogP contribution in [-0.2, 0) is 11.8 Å². The summed E-state index contributed by atoms with van der Waals surface area (Å²) >= 11 is 0. The van der Waals surface area contributed by atoms with Gasteiger partial charge in [-0.3, -0.25) is 0 Å². The number of nitrogens with zero attached hydrogens (tertiary/aromatic N) is 4. The van der Waals surface area contributed by atoms with Gasteiger partial charge in [0, 0.05) is 12.7 Å². The number of rotatable bonds is 4. The third-order valence-corrected chi connectivity index (χ3v) is 5.19. The summed E-state index contributed by atoms with van der Waals surface area (Å²) in [6, 6.07) is 15.9. The molecule has 2 aromatic carbocycles. The van der Waals surface area contributed by atoms with E-state index in [-0.39, 0.29) is 7.37 Å². The van der Waals surface area contributed by atoms with Crippen LogP contribution >= 0.6 is 0 Å². The molecule has 3 N–H and O–H groups in total. The molecule has 5 rings (SSSR count). The Balaban J connectivity index is 0.00000274. The summed E-state index contributed by atoms with van der Waals surface area (Å²) in [5, 5.41) is 17.7. The molecule has 0 unspecified atom stereocenters. The lowest BCUT2D eigenvalue weighted by molar-refractivity contribution is -0.137. The van der Waals surface area contributed by atoms with E-state index in [0.717, 1.165) is 34.4 Å². The zero-order chi connectivity index (χ0) is 23.4. The molecule has 0 spiro atoms. The predicted molar refractivity (Wildman–Crippen MR) is 120 cm³/mol. The zero-order valence-corrected chi connectivity index (χ0v) is 17.6. The summed E-state index contributed by atoms with van der Waals surface area (Å²) in [4.78, 5) is 12.0. The lowest BCUT2D eigenvalue weighted by atomic mass is 10.1. The van der Waals surface area contributed by atoms with Crippen molar-refractivity contribution in [2.24, 2.45) is 0 Å². The van der Waals surface area contributed by atoms with Gasteiger partial charge in [-0.2, -0.15) is 18.2 Å². The highest BCUT2D eigenvalue weighted by molar-refractivity contribution is 5.81. The number of aromatic nitrogens is 5. The number of anilines is 2. The molecule has 0 saturated carbocycles. The monoisotopic (exact) mass is 454 g/mol. The van der Waals surface area contributed by atoms with Gasteiger partial charge in [0.15, 0.2) is 5.65 Å². The molecule has 3 aromatic heterocycles. The number of fused-ring (bicyclic) bond motifs is 2. The Morgan fingerprint density at radius 1 is 1.00 bits per heavy atom. The van der Waals surface area contributed by atoms with Crippen molar-refractivity contribution in [1.82, 2.24) is 24.6 Å². The number of nitrogens with one attached hydrogen (secondary N) is 2. The Morgan fingerprint density at radius 3 is 2.45 bits per heavy atom. The van der Waals surface area contributed by atoms with E-state index in [9.17, 15) is 18.3 Å². The number of hydrogen-bond donors (Lipinski definition) is 3. The third-order valence-electron chi connectivity index (χ3n) is 5.19. The molecule has 0 aliphatic carbocycles. The molecule has 0 aliphatic heterocycles. The summed E-state index contributed by atoms with van der Waals surface area (Å²) in [7, 11) is 0. The topological polar surface area (TPSA) is 91.1 Å². The minimum Gasteiger partial charge on any atom is -0.383 e. The third kappa shape index (κ3) is 4.00. The average Bonchev–Trinajstić information content (AvgIpc) is 3.36. The molecule has 0 radical (unpaired) electrons. The van der Waals surface area contributed by atoms with Crippen molar-refractivity contribution >= 4 is 28.3 Å². The smallest absolute Gasteiger partial charge is 0.383 e. The molecule has 3 heterocycles. The molecule has 0 atom stereocenters. The van der Waals surface area contributed by atoms with Gasteiger partial charge in [0.2, 0.25) is 5.95 Å². The Morgan fingerprint density at radius 2 is 1.76 bits per heavy atom. The van der Waals surface area contributed by atoms with Crippen molar-refractivity contribution < 1.29 is 19.7 Å². The highest BCUT2D eigenvalue weighted by Crippen LogP contribution is 2.31. The molecule has 0 bridgehead atoms. The van der Waals surface area contributed by atoms with E-state index in [0.29, 0.717) is 17.2 Å². The molecule has 170 valence electrons. The van der Waals surface area contributed by atoms with E-state index in [4.69, 9.17) is 0 Å². The molecule has 0 amide bonds. The van der Waals surface area contributed by atoms with Crippen molar-refractivity contribution in [1.29, 1.82) is 0 Å². The van der Waals surface area contributed by atoms with Crippen LogP contribution in [-0.4, -0.2) is 29.7 Å². The molecule has 7 nitrogen and oxygen atoms in total. The number of H-pyrrole nitrogens is 1. The van der Waals surface area contributed by atoms with E-state index >= 15 is 0 Å². The van der Waals surface area contributed by atoms with Crippen molar-refractivity contribution in [2.45, 2.75) is 25.6 Å². The van der Waals surface area contributed by atoms with Crippen molar-refractivity contribution in [3.8, 4) is 11.3 Å². The summed E-state index contributed by atoms with van der Waals surface area (Å²) in [6.45, 7) is 3.32. The Bertz CT molecular complexity index is 1470. The first kappa shape index (κ1) is 21.0. The van der Waals surface area contributed by atoms with Gasteiger partial charge >= 0.3 is 6.18 Å². The Hall–Kier alpha value is -3.92. The number of pyridine rings is 1. The fraction of sp³-hybridized carbons (Fsp3) is 0.174. The van der Waals surface area contributed by atoms with Gasteiger partial charge in [0.25, 0.3) is 0 Å². The van der Waals surface area contributed by atoms with Crippen LogP contribution in [0.25, 0.3) is 27.9 Å². The quantitative estimate of drug-likeness (QED) is 0.333. The summed E-state index contributed by atoms with van der Waals surface area (Å²) in [6.07, 6.45) is -4.39. The largest absolute Gasteiger partial charge is 0.416 e. The molecular weight excluding hydrogens is 433 g/mol. The van der Waals surface area contributed by atoms with Gasteiger partial charge in [0.1, 0.15) is 11.4 Å². The maximum Gasteiger partial charge on any atom is 0.416 e. The van der Waals surface area contributed by atoms with E-state index in [1.807, 2.05) is 30.3 Å². The van der Waals surface area contributed by atoms with Gasteiger partial charge in [-0.1, -0.05) is 12.1 Å². The normalized spacial score (nSPS) is 12.5. The maximum atomic E-state index is 12.8. The lowest BCUT2D eigenvalue weighted by Crippen LogP contribution is -2.17. The average molecular weight is 454 g/mol. The number of benzene rings is 2. The first-order valence-corrected chi connectivity index (χ1v) is 10.1. The zero-order valence-electron chi connectivity index (χ0n) is 17.6. The van der Waals surface area contributed by atoms with Crippen LogP contribution in [0.2, 0.25) is 0 Å². The molecule has 10 heteroatoms. The summed E-state index contributed by atoms with van der Waals surface area (Å²) < 4.78 is 40.0. The maximum absolute atomic E-state index is 12.8. The van der Waals surface area contributed by atoms with Gasteiger partial charge < -0.3 is 15.4 Å². The Labute approximate surface area is 187 Å². The van der Waals surface area contributed by atoms with Crippen molar-refractivity contribution in [3.63, 3.8) is 0 Å². The number of hydrogen-bond acceptors (Lipinski definition) is 5. The molecule has 0 saturated heterocycles. The lowest BCUT2D eigenvalue weighted by Gasteiger charge is -2.12. The standard InChI is InChI=1S/C23H19F3N6O.H2/c1-22(2,33)20-28-16-11-6-13(12-17(16)29-20)18-4-3-5-19-30-21(31-32(18)19)27-15-9-7-14(8-10-15)23(24,25)26;/h3-12,33H,1-2H3,(H,27,31)(H,28,29);1H. The molecular formula is C23H21F3N6O. The van der Waals surface area contributed by atoms with Crippen molar-refractivity contribution in [3.05, 3.63) is 72.1 Å². The fourth-order valence-electron chi connectivity index (χ4n) is 3.51. The van der Waals surface area contributed by atoms with Crippen LogP contribution in [0.3, 0.4) is 0 Å². The van der Waals surface area contributed by atoms with Gasteiger partial charge in [-0.25, -0.2) is 9.50 Å².